The Morgan fingerprint density at radius 2 is 1.28 bits per heavy atom. The molecule has 0 aromatic heterocycles. The maximum Gasteiger partial charge on any atom is 0.230 e. The monoisotopic (exact) mass is 382 g/mol. The van der Waals surface area contributed by atoms with Crippen molar-refractivity contribution in [2.24, 2.45) is 15.8 Å². The fourth-order valence-electron chi connectivity index (χ4n) is 3.05. The predicted octanol–water partition coefficient (Wildman–Crippen LogP) is 3.11. The molecule has 1 unspecified atom stereocenters. The van der Waals surface area contributed by atoms with E-state index in [-0.39, 0.29) is 17.4 Å². The molecule has 6 heteroatoms. The van der Waals surface area contributed by atoms with Gasteiger partial charge in [-0.1, -0.05) is 91.0 Å². The van der Waals surface area contributed by atoms with Gasteiger partial charge in [0.05, 0.1) is 0 Å². The highest BCUT2D eigenvalue weighted by Gasteiger charge is 2.33. The Morgan fingerprint density at radius 1 is 0.759 bits per heavy atom. The number of Topliss-reactive ketones (excluding diaryl/α,β-unsaturated/α-hetero) is 2. The summed E-state index contributed by atoms with van der Waals surface area (Å²) < 4.78 is 0. The molecule has 0 saturated carbocycles. The van der Waals surface area contributed by atoms with Gasteiger partial charge in [0, 0.05) is 16.7 Å². The molecular weight excluding hydrogens is 364 g/mol. The lowest BCUT2D eigenvalue weighted by atomic mass is 10.1. The second-order valence-corrected chi connectivity index (χ2v) is 6.46. The van der Waals surface area contributed by atoms with Gasteiger partial charge in [0.2, 0.25) is 23.6 Å². The van der Waals surface area contributed by atoms with Gasteiger partial charge in [0.15, 0.2) is 5.84 Å². The minimum atomic E-state index is -1.09. The Labute approximate surface area is 168 Å². The average Bonchev–Trinajstić information content (AvgIpc) is 2.80. The van der Waals surface area contributed by atoms with Gasteiger partial charge in [0.25, 0.3) is 0 Å². The molecule has 4 rings (SSSR count). The van der Waals surface area contributed by atoms with Crippen molar-refractivity contribution >= 4 is 23.2 Å². The van der Waals surface area contributed by atoms with Gasteiger partial charge in [-0.25, -0.2) is 15.8 Å². The smallest absolute Gasteiger partial charge is 0.230 e. The third-order valence-corrected chi connectivity index (χ3v) is 4.53. The second kappa shape index (κ2) is 8.00. The van der Waals surface area contributed by atoms with Crippen molar-refractivity contribution < 1.29 is 9.59 Å². The van der Waals surface area contributed by atoms with Crippen molar-refractivity contribution in [3.8, 4) is 0 Å². The summed E-state index contributed by atoms with van der Waals surface area (Å²) in [4.78, 5) is 34.8. The Hall–Kier alpha value is -3.90. The number of nitrogens with zero attached hydrogens (tertiary/aromatic N) is 3. The van der Waals surface area contributed by atoms with Gasteiger partial charge in [-0.2, -0.15) is 0 Å². The quantitative estimate of drug-likeness (QED) is 0.542. The molecule has 0 bridgehead atoms. The average molecular weight is 382 g/mol. The van der Waals surface area contributed by atoms with E-state index in [1.807, 2.05) is 42.5 Å². The predicted molar refractivity (Wildman–Crippen MR) is 112 cm³/mol. The Morgan fingerprint density at radius 3 is 1.86 bits per heavy atom. The second-order valence-electron chi connectivity index (χ2n) is 6.46. The number of amidine groups is 2. The summed E-state index contributed by atoms with van der Waals surface area (Å²) in [5.41, 5.74) is 1.59. The van der Waals surface area contributed by atoms with E-state index in [1.54, 1.807) is 48.5 Å². The van der Waals surface area contributed by atoms with Crippen LogP contribution in [0.4, 0.5) is 0 Å². The van der Waals surface area contributed by atoms with E-state index in [0.29, 0.717) is 22.5 Å². The summed E-state index contributed by atoms with van der Waals surface area (Å²) in [6.45, 7) is 0. The van der Waals surface area contributed by atoms with Crippen molar-refractivity contribution in [2.75, 3.05) is 0 Å². The summed E-state index contributed by atoms with van der Waals surface area (Å²) in [5, 5.41) is 1.21. The van der Waals surface area contributed by atoms with Gasteiger partial charge < -0.3 is 0 Å². The van der Waals surface area contributed by atoms with Crippen LogP contribution in [-0.2, 0) is 0 Å². The van der Waals surface area contributed by atoms with E-state index >= 15 is 0 Å². The topological polar surface area (TPSA) is 88.1 Å². The van der Waals surface area contributed by atoms with Gasteiger partial charge in [-0.05, 0) is 0 Å². The van der Waals surface area contributed by atoms with E-state index in [0.717, 1.165) is 0 Å². The Kier molecular flexibility index (Phi) is 5.09. The number of benzene rings is 3. The van der Waals surface area contributed by atoms with Crippen LogP contribution in [0.3, 0.4) is 0 Å². The lowest BCUT2D eigenvalue weighted by Crippen LogP contribution is -2.52. The van der Waals surface area contributed by atoms with Crippen LogP contribution in [0.5, 0.6) is 0 Å². The highest BCUT2D eigenvalue weighted by Crippen LogP contribution is 2.18. The highest BCUT2D eigenvalue weighted by atomic mass is 16.1. The van der Waals surface area contributed by atoms with Crippen LogP contribution in [0, 0.1) is 0 Å². The van der Waals surface area contributed by atoms with E-state index in [4.69, 9.17) is 5.84 Å². The molecule has 0 spiro atoms. The molecule has 1 atom stereocenters. The largest absolute Gasteiger partial charge is 0.290 e. The summed E-state index contributed by atoms with van der Waals surface area (Å²) in [7, 11) is 0. The van der Waals surface area contributed by atoms with E-state index in [9.17, 15) is 9.59 Å². The van der Waals surface area contributed by atoms with Gasteiger partial charge in [-0.3, -0.25) is 14.6 Å². The minimum absolute atomic E-state index is 0.0500. The molecule has 0 aliphatic carbocycles. The zero-order chi connectivity index (χ0) is 20.2. The van der Waals surface area contributed by atoms with Gasteiger partial charge in [-0.15, -0.1) is 0 Å². The zero-order valence-corrected chi connectivity index (χ0v) is 15.5. The van der Waals surface area contributed by atoms with Crippen LogP contribution in [0.2, 0.25) is 0 Å². The van der Waals surface area contributed by atoms with Crippen LogP contribution in [0.25, 0.3) is 0 Å². The van der Waals surface area contributed by atoms with Crippen LogP contribution in [0.15, 0.2) is 101 Å². The lowest BCUT2D eigenvalue weighted by molar-refractivity contribution is 0.0892. The van der Waals surface area contributed by atoms with Crippen molar-refractivity contribution in [3.05, 3.63) is 108 Å². The van der Waals surface area contributed by atoms with Gasteiger partial charge >= 0.3 is 0 Å². The maximum absolute atomic E-state index is 13.1. The van der Waals surface area contributed by atoms with Crippen LogP contribution in [-0.4, -0.2) is 34.4 Å². The molecule has 29 heavy (non-hydrogen) atoms. The number of nitrogens with two attached hydrogens (primary N) is 1. The van der Waals surface area contributed by atoms with Crippen molar-refractivity contribution in [1.82, 2.24) is 5.01 Å². The number of hydrogen-bond donors (Lipinski definition) is 1. The fraction of sp³-hybridized carbons (Fsp3) is 0.0435. The van der Waals surface area contributed by atoms with E-state index in [2.05, 4.69) is 9.98 Å². The molecule has 0 saturated heterocycles. The molecule has 1 heterocycles. The van der Waals surface area contributed by atoms with E-state index in [1.165, 1.54) is 5.01 Å². The normalized spacial score (nSPS) is 16.0. The summed E-state index contributed by atoms with van der Waals surface area (Å²) in [5.74, 6) is 5.85. The fourth-order valence-corrected chi connectivity index (χ4v) is 3.05. The third-order valence-electron chi connectivity index (χ3n) is 4.53. The summed E-state index contributed by atoms with van der Waals surface area (Å²) in [6.07, 6.45) is -1.09. The number of hydrogen-bond acceptors (Lipinski definition) is 6. The molecule has 1 aliphatic heterocycles. The molecular formula is C23H18N4O2. The van der Waals surface area contributed by atoms with Crippen LogP contribution < -0.4 is 5.84 Å². The molecule has 3 aromatic carbocycles. The first kappa shape index (κ1) is 18.5. The molecule has 0 fully saturated rings. The molecule has 1 aliphatic rings. The number of rotatable bonds is 5. The molecule has 0 radical (unpaired) electrons. The van der Waals surface area contributed by atoms with Crippen LogP contribution in [0.1, 0.15) is 26.3 Å². The third kappa shape index (κ3) is 3.74. The van der Waals surface area contributed by atoms with Crippen LogP contribution >= 0.6 is 0 Å². The highest BCUT2D eigenvalue weighted by molar-refractivity contribution is 6.47. The van der Waals surface area contributed by atoms with Crippen molar-refractivity contribution in [1.29, 1.82) is 0 Å². The number of ketones is 2. The molecule has 2 N–H and O–H groups in total. The lowest BCUT2D eigenvalue weighted by Gasteiger charge is -2.30. The molecule has 142 valence electrons. The number of carbonyl (C=O) groups excluding carboxylic acids is 2. The van der Waals surface area contributed by atoms with Crippen molar-refractivity contribution in [3.63, 3.8) is 0 Å². The summed E-state index contributed by atoms with van der Waals surface area (Å²) in [6, 6.07) is 26.6. The first-order valence-electron chi connectivity index (χ1n) is 9.10. The number of hydrazine groups is 1. The Bertz CT molecular complexity index is 1090. The summed E-state index contributed by atoms with van der Waals surface area (Å²) >= 11 is 0. The number of aliphatic imine (C=N–C) groups is 2. The van der Waals surface area contributed by atoms with Gasteiger partial charge in [0.1, 0.15) is 0 Å². The molecule has 3 aromatic rings. The number of carbonyl (C=O) groups is 2. The molecule has 6 nitrogen and oxygen atoms in total. The van der Waals surface area contributed by atoms with E-state index < -0.39 is 6.17 Å². The minimum Gasteiger partial charge on any atom is -0.290 e. The molecule has 0 amide bonds. The zero-order valence-electron chi connectivity index (χ0n) is 15.5. The SMILES string of the molecule is NN1C(c2ccccc2)=NC(C(=O)c2ccccc2)=NC1C(=O)c1ccccc1. The standard InChI is InChI=1S/C23H18N4O2/c24-27-22(18-14-8-3-9-15-18)25-21(19(28)16-10-4-1-5-11-16)26-23(27)20(29)17-12-6-2-7-13-17/h1-15,23H,24H2. The first-order chi connectivity index (χ1) is 14.1. The Balaban J connectivity index is 1.79. The van der Waals surface area contributed by atoms with Crippen molar-refractivity contribution in [2.45, 2.75) is 6.17 Å². The maximum atomic E-state index is 13.1. The first-order valence-corrected chi connectivity index (χ1v) is 9.10.